The largest absolute Gasteiger partial charge is 0.375 e. The molecular formula is C28H26ClF2N6OP. The molecule has 1 aromatic carbocycles. The zero-order chi connectivity index (χ0) is 28.1. The van der Waals surface area contributed by atoms with Crippen LogP contribution in [0.3, 0.4) is 0 Å². The molecule has 0 unspecified atom stereocenters. The summed E-state index contributed by atoms with van der Waals surface area (Å²) in [5, 5.41) is 3.59. The second kappa shape index (κ2) is 10.1. The second-order valence-corrected chi connectivity index (χ2v) is 13.4. The van der Waals surface area contributed by atoms with Gasteiger partial charge in [0, 0.05) is 35.3 Å². The minimum Gasteiger partial charge on any atom is -0.375 e. The maximum absolute atomic E-state index is 15.2. The molecule has 39 heavy (non-hydrogen) atoms. The van der Waals surface area contributed by atoms with E-state index < -0.39 is 24.8 Å². The standard InChI is InChI=1S/C28H26ClF2N6OP/c1-15-13-37(14-33-15)19-7-8-21(30)20(10-19)16(2)35-28-25(29)17(3)34-23-11-22(31)26(36-27(23)28)18-6-9-24(32-12-18)39(4,5)38/h6-14,16H,1-5H3,(H,34,35)/t16-/m1/s1. The number of anilines is 1. The molecule has 7 nitrogen and oxygen atoms in total. The number of fused-ring (bicyclic) bond motifs is 1. The van der Waals surface area contributed by atoms with Gasteiger partial charge in [-0.1, -0.05) is 11.6 Å². The van der Waals surface area contributed by atoms with Gasteiger partial charge in [-0.2, -0.15) is 0 Å². The molecule has 0 saturated heterocycles. The SMILES string of the molecule is Cc1cn(-c2ccc(F)c([C@@H](C)Nc3c(Cl)c(C)nc4cc(F)c(-c5ccc(P(C)(C)=O)nc5)nc34)c2)cn1. The molecule has 4 heterocycles. The van der Waals surface area contributed by atoms with Gasteiger partial charge < -0.3 is 14.4 Å². The minimum absolute atomic E-state index is 0.0460. The predicted octanol–water partition coefficient (Wildman–Crippen LogP) is 6.85. The third-order valence-corrected chi connectivity index (χ3v) is 8.24. The normalized spacial score (nSPS) is 12.6. The third kappa shape index (κ3) is 5.29. The number of halogens is 3. The molecular weight excluding hydrogens is 541 g/mol. The Morgan fingerprint density at radius 2 is 1.79 bits per heavy atom. The van der Waals surface area contributed by atoms with E-state index in [4.69, 9.17) is 11.6 Å². The molecule has 1 N–H and O–H groups in total. The lowest BCUT2D eigenvalue weighted by Crippen LogP contribution is -2.12. The number of hydrogen-bond donors (Lipinski definition) is 1. The van der Waals surface area contributed by atoms with Gasteiger partial charge in [-0.25, -0.2) is 23.7 Å². The Labute approximate surface area is 229 Å². The first-order chi connectivity index (χ1) is 18.4. The molecule has 0 aliphatic carbocycles. The lowest BCUT2D eigenvalue weighted by molar-refractivity contribution is 0.587. The Hall–Kier alpha value is -3.68. The van der Waals surface area contributed by atoms with Crippen LogP contribution in [0, 0.1) is 25.5 Å². The first-order valence-corrected chi connectivity index (χ1v) is 15.2. The van der Waals surface area contributed by atoms with Crippen LogP contribution in [0.25, 0.3) is 28.0 Å². The molecule has 0 saturated carbocycles. The van der Waals surface area contributed by atoms with Crippen LogP contribution in [0.5, 0.6) is 0 Å². The number of benzene rings is 1. The number of nitrogens with zero attached hydrogens (tertiary/aromatic N) is 5. The number of imidazole rings is 1. The number of nitrogens with one attached hydrogen (secondary N) is 1. The molecule has 0 amide bonds. The van der Waals surface area contributed by atoms with Crippen molar-refractivity contribution in [2.45, 2.75) is 26.8 Å². The van der Waals surface area contributed by atoms with Gasteiger partial charge in [0.1, 0.15) is 24.2 Å². The van der Waals surface area contributed by atoms with Gasteiger partial charge in [0.15, 0.2) is 5.82 Å². The highest BCUT2D eigenvalue weighted by Crippen LogP contribution is 2.37. The molecule has 0 spiro atoms. The van der Waals surface area contributed by atoms with Crippen LogP contribution in [0.1, 0.15) is 29.9 Å². The van der Waals surface area contributed by atoms with Crippen LogP contribution in [-0.4, -0.2) is 37.8 Å². The molecule has 0 aliphatic rings. The van der Waals surface area contributed by atoms with Crippen molar-refractivity contribution in [1.82, 2.24) is 24.5 Å². The van der Waals surface area contributed by atoms with Crippen LogP contribution in [-0.2, 0) is 4.57 Å². The van der Waals surface area contributed by atoms with E-state index in [9.17, 15) is 8.96 Å². The summed E-state index contributed by atoms with van der Waals surface area (Å²) < 4.78 is 44.4. The van der Waals surface area contributed by atoms with E-state index in [0.29, 0.717) is 44.0 Å². The fourth-order valence-corrected chi connectivity index (χ4v) is 5.28. The van der Waals surface area contributed by atoms with E-state index in [0.717, 1.165) is 11.4 Å². The Bertz CT molecular complexity index is 1770. The van der Waals surface area contributed by atoms with E-state index in [1.54, 1.807) is 57.8 Å². The number of pyridine rings is 3. The van der Waals surface area contributed by atoms with E-state index in [1.807, 2.05) is 17.7 Å². The highest BCUT2D eigenvalue weighted by molar-refractivity contribution is 7.69. The van der Waals surface area contributed by atoms with Crippen molar-refractivity contribution in [2.75, 3.05) is 18.6 Å². The average Bonchev–Trinajstić information content (AvgIpc) is 3.32. The minimum atomic E-state index is -2.57. The van der Waals surface area contributed by atoms with Gasteiger partial charge >= 0.3 is 0 Å². The van der Waals surface area contributed by atoms with Gasteiger partial charge in [0.2, 0.25) is 0 Å². The van der Waals surface area contributed by atoms with Crippen molar-refractivity contribution in [2.24, 2.45) is 0 Å². The number of hydrogen-bond acceptors (Lipinski definition) is 6. The topological polar surface area (TPSA) is 85.6 Å². The lowest BCUT2D eigenvalue weighted by atomic mass is 10.1. The Morgan fingerprint density at radius 3 is 2.44 bits per heavy atom. The number of aromatic nitrogens is 5. The Kier molecular flexibility index (Phi) is 6.99. The van der Waals surface area contributed by atoms with Crippen LogP contribution in [0.4, 0.5) is 14.5 Å². The monoisotopic (exact) mass is 566 g/mol. The molecule has 4 aromatic heterocycles. The fourth-order valence-electron chi connectivity index (χ4n) is 4.32. The van der Waals surface area contributed by atoms with Crippen molar-refractivity contribution in [3.63, 3.8) is 0 Å². The molecule has 11 heteroatoms. The van der Waals surface area contributed by atoms with Crippen molar-refractivity contribution in [3.05, 3.63) is 88.7 Å². The van der Waals surface area contributed by atoms with Crippen LogP contribution < -0.4 is 10.8 Å². The summed E-state index contributed by atoms with van der Waals surface area (Å²) in [7, 11) is -2.57. The molecule has 0 radical (unpaired) electrons. The molecule has 1 atom stereocenters. The van der Waals surface area contributed by atoms with Crippen molar-refractivity contribution in [3.8, 4) is 16.9 Å². The van der Waals surface area contributed by atoms with Crippen LogP contribution >= 0.6 is 18.7 Å². The summed E-state index contributed by atoms with van der Waals surface area (Å²) in [6, 6.07) is 8.83. The molecule has 5 aromatic rings. The van der Waals surface area contributed by atoms with E-state index in [-0.39, 0.29) is 5.69 Å². The van der Waals surface area contributed by atoms with Crippen LogP contribution in [0.15, 0.2) is 55.1 Å². The summed E-state index contributed by atoms with van der Waals surface area (Å²) in [6.45, 7) is 8.63. The van der Waals surface area contributed by atoms with E-state index in [2.05, 4.69) is 25.3 Å². The lowest BCUT2D eigenvalue weighted by Gasteiger charge is -2.20. The highest BCUT2D eigenvalue weighted by Gasteiger charge is 2.21. The summed E-state index contributed by atoms with van der Waals surface area (Å²) in [6.07, 6.45) is 4.97. The molecule has 0 bridgehead atoms. The Balaban J connectivity index is 1.58. The van der Waals surface area contributed by atoms with Gasteiger partial charge in [-0.05, 0) is 64.4 Å². The maximum Gasteiger partial charge on any atom is 0.151 e. The maximum atomic E-state index is 15.2. The average molecular weight is 567 g/mol. The summed E-state index contributed by atoms with van der Waals surface area (Å²) in [5.41, 5.74) is 4.42. The Morgan fingerprint density at radius 1 is 1.03 bits per heavy atom. The van der Waals surface area contributed by atoms with Gasteiger partial charge in [-0.15, -0.1) is 0 Å². The van der Waals surface area contributed by atoms with Gasteiger partial charge in [-0.3, -0.25) is 4.98 Å². The summed E-state index contributed by atoms with van der Waals surface area (Å²) >= 11 is 6.67. The first kappa shape index (κ1) is 26.9. The zero-order valence-electron chi connectivity index (χ0n) is 22.0. The second-order valence-electron chi connectivity index (χ2n) is 9.82. The number of aryl methyl sites for hydroxylation is 2. The fraction of sp³-hybridized carbons (Fsp3) is 0.214. The first-order valence-electron chi connectivity index (χ1n) is 12.2. The predicted molar refractivity (Wildman–Crippen MR) is 152 cm³/mol. The molecule has 0 aliphatic heterocycles. The van der Waals surface area contributed by atoms with Gasteiger partial charge in [0.25, 0.3) is 0 Å². The highest BCUT2D eigenvalue weighted by atomic mass is 35.5. The van der Waals surface area contributed by atoms with E-state index in [1.165, 1.54) is 18.3 Å². The van der Waals surface area contributed by atoms with Crippen LogP contribution in [0.2, 0.25) is 5.02 Å². The smallest absolute Gasteiger partial charge is 0.151 e. The molecule has 0 fully saturated rings. The quantitative estimate of drug-likeness (QED) is 0.226. The third-order valence-electron chi connectivity index (χ3n) is 6.41. The van der Waals surface area contributed by atoms with Crippen molar-refractivity contribution < 1.29 is 13.3 Å². The van der Waals surface area contributed by atoms with Crippen molar-refractivity contribution >= 4 is 40.9 Å². The summed E-state index contributed by atoms with van der Waals surface area (Å²) in [4.78, 5) is 17.5. The van der Waals surface area contributed by atoms with Crippen molar-refractivity contribution in [1.29, 1.82) is 0 Å². The number of rotatable bonds is 6. The summed E-state index contributed by atoms with van der Waals surface area (Å²) in [5.74, 6) is -0.979. The zero-order valence-corrected chi connectivity index (χ0v) is 23.6. The molecule has 200 valence electrons. The molecule has 5 rings (SSSR count). The van der Waals surface area contributed by atoms with E-state index >= 15 is 4.39 Å². The van der Waals surface area contributed by atoms with Gasteiger partial charge in [0.05, 0.1) is 45.4 Å².